The van der Waals surface area contributed by atoms with E-state index in [2.05, 4.69) is 39.2 Å². The third kappa shape index (κ3) is 3.42. The zero-order valence-corrected chi connectivity index (χ0v) is 14.7. The van der Waals surface area contributed by atoms with Crippen LogP contribution in [0.4, 0.5) is 5.82 Å². The Morgan fingerprint density at radius 3 is 2.50 bits per heavy atom. The number of fused-ring (bicyclic) bond motifs is 9. The molecule has 4 bridgehead atoms. The summed E-state index contributed by atoms with van der Waals surface area (Å²) in [6.07, 6.45) is 6.80. The number of aromatic nitrogens is 4. The normalized spacial score (nSPS) is 15.8. The molecule has 26 heavy (non-hydrogen) atoms. The zero-order valence-electron chi connectivity index (χ0n) is 14.7. The fourth-order valence-corrected chi connectivity index (χ4v) is 3.32. The molecule has 0 aliphatic carbocycles. The van der Waals surface area contributed by atoms with Crippen molar-refractivity contribution in [1.82, 2.24) is 19.5 Å². The Hall–Kier alpha value is -2.83. The molecule has 0 fully saturated rings. The summed E-state index contributed by atoms with van der Waals surface area (Å²) in [5.41, 5.74) is 9.28. The van der Waals surface area contributed by atoms with Crippen molar-refractivity contribution in [2.45, 2.75) is 45.1 Å². The Morgan fingerprint density at radius 1 is 0.923 bits per heavy atom. The van der Waals surface area contributed by atoms with Crippen LogP contribution >= 0.6 is 0 Å². The molecule has 5 rings (SSSR count). The summed E-state index contributed by atoms with van der Waals surface area (Å²) in [4.78, 5) is 12.7. The van der Waals surface area contributed by atoms with Crippen LogP contribution in [0, 0.1) is 0 Å². The maximum atomic E-state index is 10.3. The molecule has 2 aliphatic rings. The van der Waals surface area contributed by atoms with Crippen LogP contribution in [0.25, 0.3) is 11.2 Å². The van der Waals surface area contributed by atoms with Gasteiger partial charge in [0.1, 0.15) is 0 Å². The fourth-order valence-electron chi connectivity index (χ4n) is 3.32. The van der Waals surface area contributed by atoms with Gasteiger partial charge in [0, 0.05) is 0 Å². The number of aryl methyl sites for hydroxylation is 1. The first-order valence-corrected chi connectivity index (χ1v) is 9.14. The van der Waals surface area contributed by atoms with Crippen LogP contribution in [0.2, 0.25) is 0 Å². The van der Waals surface area contributed by atoms with E-state index in [0.717, 1.165) is 24.8 Å². The zero-order chi connectivity index (χ0) is 17.9. The highest BCUT2D eigenvalue weighted by molar-refractivity contribution is 5.83. The van der Waals surface area contributed by atoms with Gasteiger partial charge in [0.05, 0.1) is 13.2 Å². The van der Waals surface area contributed by atoms with E-state index in [9.17, 15) is 5.11 Å². The number of nitrogens with two attached hydrogens (primary N) is 1. The number of ether oxygens (including phenoxy) is 1. The smallest absolute Gasteiger partial charge is 0.320 e. The summed E-state index contributed by atoms with van der Waals surface area (Å²) in [6.45, 7) is 1.02. The van der Waals surface area contributed by atoms with Crippen molar-refractivity contribution in [2.75, 3.05) is 12.3 Å². The standard InChI is InChI=1S/C19H23N5O2/c20-16-15-17-23-18(22-16)26-11-5-3-1-2-4-6-13-7-9-14(10-8-13)12-24(17)19(25)21-15/h7-10H,1-6,11-12H2,(H,21,25)(H2,20,22,23). The summed E-state index contributed by atoms with van der Waals surface area (Å²) < 4.78 is 7.31. The van der Waals surface area contributed by atoms with Crippen LogP contribution in [0.1, 0.15) is 43.2 Å². The molecule has 0 saturated carbocycles. The number of rotatable bonds is 0. The first-order valence-electron chi connectivity index (χ1n) is 9.14. The number of nitrogen functional groups attached to an aromatic ring is 1. The highest BCUT2D eigenvalue weighted by Gasteiger charge is 2.17. The van der Waals surface area contributed by atoms with Gasteiger partial charge >= 0.3 is 6.01 Å². The highest BCUT2D eigenvalue weighted by Crippen LogP contribution is 2.26. The Bertz CT molecular complexity index is 904. The number of hydrogen-bond donors (Lipinski definition) is 2. The largest absolute Gasteiger partial charge is 0.480 e. The molecule has 0 atom stereocenters. The Labute approximate surface area is 151 Å². The quantitative estimate of drug-likeness (QED) is 0.644. The van der Waals surface area contributed by atoms with Crippen LogP contribution in [0.3, 0.4) is 0 Å². The molecular formula is C19H23N5O2. The lowest BCUT2D eigenvalue weighted by Gasteiger charge is -2.08. The molecule has 2 aromatic heterocycles. The number of aromatic hydroxyl groups is 1. The van der Waals surface area contributed by atoms with Crippen molar-refractivity contribution in [3.05, 3.63) is 35.4 Å². The second-order valence-electron chi connectivity index (χ2n) is 6.74. The van der Waals surface area contributed by atoms with Gasteiger partial charge in [-0.15, -0.1) is 0 Å². The van der Waals surface area contributed by atoms with Gasteiger partial charge in [-0.1, -0.05) is 43.5 Å². The summed E-state index contributed by atoms with van der Waals surface area (Å²) >= 11 is 0. The van der Waals surface area contributed by atoms with Gasteiger partial charge in [0.25, 0.3) is 6.01 Å². The van der Waals surface area contributed by atoms with E-state index in [4.69, 9.17) is 10.5 Å². The molecule has 2 aliphatic heterocycles. The maximum absolute atomic E-state index is 10.3. The predicted molar refractivity (Wildman–Crippen MR) is 99.2 cm³/mol. The average molecular weight is 353 g/mol. The van der Waals surface area contributed by atoms with Crippen molar-refractivity contribution in [1.29, 1.82) is 0 Å². The van der Waals surface area contributed by atoms with Crippen molar-refractivity contribution >= 4 is 17.0 Å². The summed E-state index contributed by atoms with van der Waals surface area (Å²) in [7, 11) is 0. The van der Waals surface area contributed by atoms with Crippen molar-refractivity contribution in [3.63, 3.8) is 0 Å². The lowest BCUT2D eigenvalue weighted by atomic mass is 10.0. The fraction of sp³-hybridized carbons (Fsp3) is 0.421. The number of benzene rings is 1. The molecule has 0 radical (unpaired) electrons. The van der Waals surface area contributed by atoms with Crippen molar-refractivity contribution < 1.29 is 9.84 Å². The lowest BCUT2D eigenvalue weighted by Crippen LogP contribution is -2.06. The average Bonchev–Trinajstić information content (AvgIpc) is 2.95. The van der Waals surface area contributed by atoms with Gasteiger partial charge in [0.15, 0.2) is 17.0 Å². The molecule has 7 heteroatoms. The number of hydrogen-bond acceptors (Lipinski definition) is 6. The number of imidazole rings is 1. The van der Waals surface area contributed by atoms with E-state index >= 15 is 0 Å². The lowest BCUT2D eigenvalue weighted by molar-refractivity contribution is 0.282. The molecule has 0 spiro atoms. The van der Waals surface area contributed by atoms with E-state index in [0.29, 0.717) is 24.3 Å². The molecule has 0 unspecified atom stereocenters. The first kappa shape index (κ1) is 16.6. The van der Waals surface area contributed by atoms with E-state index in [1.165, 1.54) is 24.8 Å². The minimum atomic E-state index is -0.125. The Morgan fingerprint density at radius 2 is 1.65 bits per heavy atom. The first-order chi connectivity index (χ1) is 12.7. The molecule has 3 aromatic rings. The molecule has 7 nitrogen and oxygen atoms in total. The molecular weight excluding hydrogens is 330 g/mol. The Balaban J connectivity index is 1.73. The molecule has 4 heterocycles. The number of nitrogens with zero attached hydrogens (tertiary/aromatic N) is 4. The Kier molecular flexibility index (Phi) is 4.60. The van der Waals surface area contributed by atoms with E-state index in [1.807, 2.05) is 0 Å². The SMILES string of the molecule is Nc1nc2nc3c1nc(O)n3Cc1ccc(cc1)CCCCCCCO2. The van der Waals surface area contributed by atoms with Gasteiger partial charge in [-0.2, -0.15) is 15.0 Å². The van der Waals surface area contributed by atoms with Crippen LogP contribution in [-0.2, 0) is 13.0 Å². The topological polar surface area (TPSA) is 99.1 Å². The van der Waals surface area contributed by atoms with E-state index in [-0.39, 0.29) is 17.8 Å². The van der Waals surface area contributed by atoms with E-state index in [1.54, 1.807) is 4.57 Å². The maximum Gasteiger partial charge on any atom is 0.320 e. The summed E-state index contributed by atoms with van der Waals surface area (Å²) in [5.74, 6) is 0.215. The van der Waals surface area contributed by atoms with Gasteiger partial charge in [-0.05, 0) is 30.4 Å². The monoisotopic (exact) mass is 353 g/mol. The van der Waals surface area contributed by atoms with Crippen LogP contribution < -0.4 is 10.5 Å². The highest BCUT2D eigenvalue weighted by atomic mass is 16.5. The minimum Gasteiger partial charge on any atom is -0.480 e. The second kappa shape index (κ2) is 7.19. The summed E-state index contributed by atoms with van der Waals surface area (Å²) in [6, 6.07) is 8.58. The van der Waals surface area contributed by atoms with Gasteiger partial charge < -0.3 is 15.6 Å². The molecule has 0 saturated heterocycles. The molecule has 1 aromatic carbocycles. The van der Waals surface area contributed by atoms with Crippen molar-refractivity contribution in [3.8, 4) is 12.0 Å². The van der Waals surface area contributed by atoms with Crippen molar-refractivity contribution in [2.24, 2.45) is 0 Å². The predicted octanol–water partition coefficient (Wildman–Crippen LogP) is 3.05. The third-order valence-electron chi connectivity index (χ3n) is 4.79. The minimum absolute atomic E-state index is 0.125. The van der Waals surface area contributed by atoms with Gasteiger partial charge in [0.2, 0.25) is 0 Å². The third-order valence-corrected chi connectivity index (χ3v) is 4.79. The molecule has 3 N–H and O–H groups in total. The second-order valence-corrected chi connectivity index (χ2v) is 6.74. The van der Waals surface area contributed by atoms with Crippen LogP contribution in [0.5, 0.6) is 12.0 Å². The van der Waals surface area contributed by atoms with Gasteiger partial charge in [-0.3, -0.25) is 4.57 Å². The molecule has 136 valence electrons. The van der Waals surface area contributed by atoms with Crippen LogP contribution in [0.15, 0.2) is 24.3 Å². The van der Waals surface area contributed by atoms with Crippen LogP contribution in [-0.4, -0.2) is 31.2 Å². The van der Waals surface area contributed by atoms with E-state index < -0.39 is 0 Å². The number of anilines is 1. The van der Waals surface area contributed by atoms with Gasteiger partial charge in [-0.25, -0.2) is 0 Å². The molecule has 0 amide bonds. The summed E-state index contributed by atoms with van der Waals surface area (Å²) in [5, 5.41) is 10.3.